The molecule has 0 saturated heterocycles. The van der Waals surface area contributed by atoms with Crippen molar-refractivity contribution >= 4 is 10.1 Å². The molecule has 27 heavy (non-hydrogen) atoms. The van der Waals surface area contributed by atoms with E-state index in [0.717, 1.165) is 19.4 Å². The van der Waals surface area contributed by atoms with Crippen molar-refractivity contribution in [3.63, 3.8) is 0 Å². The second kappa shape index (κ2) is 15.7. The summed E-state index contributed by atoms with van der Waals surface area (Å²) in [5.41, 5.74) is 0. The molecule has 0 aliphatic rings. The Morgan fingerprint density at radius 2 is 1.15 bits per heavy atom. The van der Waals surface area contributed by atoms with Gasteiger partial charge in [0.1, 0.15) is 0 Å². The zero-order valence-electron chi connectivity index (χ0n) is 18.1. The maximum atomic E-state index is 10.7. The number of aliphatic hydroxyl groups excluding tert-OH is 1. The lowest BCUT2D eigenvalue weighted by Gasteiger charge is -2.35. The van der Waals surface area contributed by atoms with Gasteiger partial charge in [-0.3, -0.25) is 0 Å². The van der Waals surface area contributed by atoms with Gasteiger partial charge in [-0.1, -0.05) is 84.0 Å². The molecular weight excluding hydrogens is 362 g/mol. The molecule has 0 aromatic rings. The highest BCUT2D eigenvalue weighted by Crippen LogP contribution is 2.15. The lowest BCUT2D eigenvalue weighted by molar-refractivity contribution is -0.937. The van der Waals surface area contributed by atoms with Crippen LogP contribution in [0.25, 0.3) is 0 Å². The van der Waals surface area contributed by atoms with Gasteiger partial charge in [0, 0.05) is 12.2 Å². The largest absolute Gasteiger partial charge is 0.748 e. The summed E-state index contributed by atoms with van der Waals surface area (Å²) in [6.45, 7) is 3.06. The minimum Gasteiger partial charge on any atom is -0.748 e. The zero-order valence-corrected chi connectivity index (χ0v) is 18.9. The summed E-state index contributed by atoms with van der Waals surface area (Å²) >= 11 is 0. The first-order valence-electron chi connectivity index (χ1n) is 11.1. The Morgan fingerprint density at radius 1 is 0.778 bits per heavy atom. The van der Waals surface area contributed by atoms with Crippen molar-refractivity contribution in [2.45, 2.75) is 109 Å². The van der Waals surface area contributed by atoms with Gasteiger partial charge < -0.3 is 14.1 Å². The van der Waals surface area contributed by atoms with Crippen LogP contribution in [0, 0.1) is 0 Å². The van der Waals surface area contributed by atoms with E-state index in [-0.39, 0.29) is 6.42 Å². The molecular formula is C21H45NO4S. The van der Waals surface area contributed by atoms with Crippen molar-refractivity contribution in [3.05, 3.63) is 0 Å². The fourth-order valence-electron chi connectivity index (χ4n) is 3.46. The van der Waals surface area contributed by atoms with Crippen LogP contribution in [0.1, 0.15) is 103 Å². The second-order valence-electron chi connectivity index (χ2n) is 8.63. The van der Waals surface area contributed by atoms with Crippen LogP contribution in [0.4, 0.5) is 0 Å². The van der Waals surface area contributed by atoms with E-state index in [4.69, 9.17) is 0 Å². The number of hydrogen-bond donors (Lipinski definition) is 1. The van der Waals surface area contributed by atoms with Gasteiger partial charge >= 0.3 is 0 Å². The van der Waals surface area contributed by atoms with Gasteiger partial charge in [-0.25, -0.2) is 8.42 Å². The molecule has 0 amide bonds. The van der Waals surface area contributed by atoms with Gasteiger partial charge in [0.2, 0.25) is 0 Å². The van der Waals surface area contributed by atoms with Gasteiger partial charge in [0.05, 0.1) is 30.8 Å². The Bertz CT molecular complexity index is 437. The van der Waals surface area contributed by atoms with E-state index in [1.54, 1.807) is 0 Å². The van der Waals surface area contributed by atoms with Crippen LogP contribution in [-0.4, -0.2) is 55.2 Å². The van der Waals surface area contributed by atoms with Crippen LogP contribution in [0.3, 0.4) is 0 Å². The second-order valence-corrected chi connectivity index (χ2v) is 10.2. The van der Waals surface area contributed by atoms with Gasteiger partial charge in [0.15, 0.2) is 6.23 Å². The first-order chi connectivity index (χ1) is 12.7. The average molecular weight is 408 g/mol. The van der Waals surface area contributed by atoms with Crippen LogP contribution in [0.2, 0.25) is 0 Å². The minimum absolute atomic E-state index is 0.0113. The summed E-state index contributed by atoms with van der Waals surface area (Å²) in [5, 5.41) is 10.1. The number of rotatable bonds is 19. The van der Waals surface area contributed by atoms with Crippen LogP contribution in [0.15, 0.2) is 0 Å². The summed E-state index contributed by atoms with van der Waals surface area (Å²) < 4.78 is 32.4. The number of aliphatic hydroxyl groups is 1. The van der Waals surface area contributed by atoms with E-state index < -0.39 is 22.1 Å². The lowest BCUT2D eigenvalue weighted by atomic mass is 10.0. The van der Waals surface area contributed by atoms with E-state index in [9.17, 15) is 18.1 Å². The minimum atomic E-state index is -4.25. The Labute approximate surface area is 168 Å². The maximum absolute atomic E-state index is 10.7. The highest BCUT2D eigenvalue weighted by atomic mass is 32.2. The van der Waals surface area contributed by atoms with Crippen LogP contribution < -0.4 is 0 Å². The predicted octanol–water partition coefficient (Wildman–Crippen LogP) is 4.80. The third-order valence-electron chi connectivity index (χ3n) is 5.52. The van der Waals surface area contributed by atoms with Gasteiger partial charge in [0.25, 0.3) is 0 Å². The van der Waals surface area contributed by atoms with Crippen molar-refractivity contribution in [2.75, 3.05) is 26.4 Å². The first-order valence-corrected chi connectivity index (χ1v) is 12.7. The topological polar surface area (TPSA) is 77.4 Å². The molecule has 0 saturated carbocycles. The zero-order chi connectivity index (χ0) is 20.6. The van der Waals surface area contributed by atoms with Gasteiger partial charge in [-0.15, -0.1) is 0 Å². The number of nitrogens with zero attached hydrogens (tertiary/aromatic N) is 1. The molecule has 0 spiro atoms. The average Bonchev–Trinajstić information content (AvgIpc) is 2.59. The maximum Gasteiger partial charge on any atom is 0.191 e. The Balaban J connectivity index is 3.49. The van der Waals surface area contributed by atoms with Crippen LogP contribution in [-0.2, 0) is 10.1 Å². The molecule has 0 rings (SSSR count). The van der Waals surface area contributed by atoms with Crippen molar-refractivity contribution < 1.29 is 22.6 Å². The van der Waals surface area contributed by atoms with Gasteiger partial charge in [-0.05, 0) is 12.8 Å². The number of quaternary nitrogens is 1. The Kier molecular flexibility index (Phi) is 15.6. The normalized spacial score (nSPS) is 13.8. The molecule has 0 radical (unpaired) electrons. The number of unbranched alkanes of at least 4 members (excludes halogenated alkanes) is 13. The van der Waals surface area contributed by atoms with Crippen molar-refractivity contribution in [2.24, 2.45) is 0 Å². The fraction of sp³-hybridized carbons (Fsp3) is 1.00. The quantitative estimate of drug-likeness (QED) is 0.144. The van der Waals surface area contributed by atoms with E-state index >= 15 is 0 Å². The molecule has 6 heteroatoms. The molecule has 164 valence electrons. The standard InChI is InChI=1S/C21H45NO4S/c1-4-5-6-7-8-9-10-11-12-13-14-15-16-17-19-22(2,3)21(23)18-20-27(24,25)26/h21,23H,4-20H2,1-3H3. The first kappa shape index (κ1) is 26.8. The molecule has 1 N–H and O–H groups in total. The van der Waals surface area contributed by atoms with Crippen molar-refractivity contribution in [3.8, 4) is 0 Å². The third-order valence-corrected chi connectivity index (χ3v) is 6.26. The smallest absolute Gasteiger partial charge is 0.191 e. The summed E-state index contributed by atoms with van der Waals surface area (Å²) in [4.78, 5) is 0. The molecule has 0 heterocycles. The molecule has 5 nitrogen and oxygen atoms in total. The molecule has 0 bridgehead atoms. The Hall–Kier alpha value is -0.170. The lowest BCUT2D eigenvalue weighted by Crippen LogP contribution is -2.50. The van der Waals surface area contributed by atoms with E-state index in [1.807, 2.05) is 14.1 Å². The summed E-state index contributed by atoms with van der Waals surface area (Å²) in [7, 11) is -0.463. The highest BCUT2D eigenvalue weighted by molar-refractivity contribution is 7.85. The monoisotopic (exact) mass is 407 g/mol. The van der Waals surface area contributed by atoms with E-state index in [1.165, 1.54) is 77.0 Å². The molecule has 0 aromatic carbocycles. The molecule has 0 fully saturated rings. The van der Waals surface area contributed by atoms with E-state index in [0.29, 0.717) is 4.48 Å². The SMILES string of the molecule is CCCCCCCCCCCCCCCC[N+](C)(C)C(O)CCS(=O)(=O)[O-]. The molecule has 1 atom stereocenters. The molecule has 0 aliphatic carbocycles. The highest BCUT2D eigenvalue weighted by Gasteiger charge is 2.25. The van der Waals surface area contributed by atoms with E-state index in [2.05, 4.69) is 6.92 Å². The van der Waals surface area contributed by atoms with Gasteiger partial charge in [-0.2, -0.15) is 0 Å². The predicted molar refractivity (Wildman–Crippen MR) is 112 cm³/mol. The molecule has 0 aliphatic heterocycles. The fourth-order valence-corrected chi connectivity index (χ4v) is 3.96. The van der Waals surface area contributed by atoms with Crippen molar-refractivity contribution in [1.82, 2.24) is 0 Å². The summed E-state index contributed by atoms with van der Waals surface area (Å²) in [5.74, 6) is -0.491. The summed E-state index contributed by atoms with van der Waals surface area (Å²) in [6, 6.07) is 0. The molecule has 1 unspecified atom stereocenters. The van der Waals surface area contributed by atoms with Crippen LogP contribution >= 0.6 is 0 Å². The van der Waals surface area contributed by atoms with Crippen molar-refractivity contribution in [1.29, 1.82) is 0 Å². The third kappa shape index (κ3) is 17.6. The Morgan fingerprint density at radius 3 is 1.52 bits per heavy atom. The van der Waals surface area contributed by atoms with Crippen LogP contribution in [0.5, 0.6) is 0 Å². The number of hydrogen-bond acceptors (Lipinski definition) is 4. The molecule has 0 aromatic heterocycles. The summed E-state index contributed by atoms with van der Waals surface area (Å²) in [6.07, 6.45) is 17.6.